The van der Waals surface area contributed by atoms with Crippen LogP contribution < -0.4 is 10.6 Å². The average Bonchev–Trinajstić information content (AvgIpc) is 3.22. The van der Waals surface area contributed by atoms with Gasteiger partial charge >= 0.3 is 0 Å². The molecule has 0 radical (unpaired) electrons. The van der Waals surface area contributed by atoms with Crippen LogP contribution in [0.15, 0.2) is 78.9 Å². The summed E-state index contributed by atoms with van der Waals surface area (Å²) in [7, 11) is 0. The predicted octanol–water partition coefficient (Wildman–Crippen LogP) is 5.17. The van der Waals surface area contributed by atoms with Gasteiger partial charge in [0.2, 0.25) is 5.95 Å². The van der Waals surface area contributed by atoms with E-state index in [0.717, 1.165) is 22.4 Å². The van der Waals surface area contributed by atoms with Crippen molar-refractivity contribution >= 4 is 23.5 Å². The van der Waals surface area contributed by atoms with E-state index in [2.05, 4.69) is 20.7 Å². The Kier molecular flexibility index (Phi) is 5.18. The molecule has 0 fully saturated rings. The van der Waals surface area contributed by atoms with Gasteiger partial charge < -0.3 is 5.32 Å². The first kappa shape index (κ1) is 20.6. The van der Waals surface area contributed by atoms with Gasteiger partial charge in [0.15, 0.2) is 0 Å². The van der Waals surface area contributed by atoms with Crippen LogP contribution in [0.1, 0.15) is 33.1 Å². The van der Waals surface area contributed by atoms with Crippen LogP contribution in [0.5, 0.6) is 0 Å². The molecule has 6 nitrogen and oxygen atoms in total. The van der Waals surface area contributed by atoms with Gasteiger partial charge in [-0.25, -0.2) is 13.5 Å². The molecule has 4 aromatic rings. The van der Waals surface area contributed by atoms with E-state index >= 15 is 0 Å². The lowest BCUT2D eigenvalue weighted by atomic mass is 10.0. The van der Waals surface area contributed by atoms with Gasteiger partial charge in [0.05, 0.1) is 0 Å². The number of carbonyl (C=O) groups is 1. The van der Waals surface area contributed by atoms with Crippen molar-refractivity contribution in [1.29, 1.82) is 0 Å². The number of carbonyl (C=O) groups excluding carboxylic acids is 1. The van der Waals surface area contributed by atoms with Gasteiger partial charge in [-0.3, -0.25) is 10.1 Å². The highest BCUT2D eigenvalue weighted by molar-refractivity contribution is 6.03. The van der Waals surface area contributed by atoms with Gasteiger partial charge in [-0.1, -0.05) is 42.0 Å². The topological polar surface area (TPSA) is 71.8 Å². The van der Waals surface area contributed by atoms with Crippen molar-refractivity contribution in [3.8, 4) is 0 Å². The van der Waals surface area contributed by atoms with Crippen LogP contribution in [0.4, 0.5) is 20.7 Å². The van der Waals surface area contributed by atoms with Gasteiger partial charge in [0.1, 0.15) is 17.7 Å². The summed E-state index contributed by atoms with van der Waals surface area (Å²) in [5.41, 5.74) is 4.01. The van der Waals surface area contributed by atoms with Gasteiger partial charge in [0, 0.05) is 11.3 Å². The Labute approximate surface area is 188 Å². The number of hydrogen-bond donors (Lipinski definition) is 2. The summed E-state index contributed by atoms with van der Waals surface area (Å²) in [5, 5.41) is 10.4. The Hall–Kier alpha value is -4.33. The number of halogens is 2. The minimum Gasteiger partial charge on any atom is -0.324 e. The molecule has 1 aliphatic rings. The fraction of sp³-hybridized carbons (Fsp3) is 0.0800. The van der Waals surface area contributed by atoms with Crippen LogP contribution in [-0.4, -0.2) is 20.7 Å². The Morgan fingerprint density at radius 3 is 2.24 bits per heavy atom. The summed E-state index contributed by atoms with van der Waals surface area (Å²) in [6.45, 7) is 2.01. The molecule has 33 heavy (non-hydrogen) atoms. The monoisotopic (exact) mass is 443 g/mol. The fourth-order valence-corrected chi connectivity index (χ4v) is 3.62. The molecule has 0 bridgehead atoms. The number of nitrogens with zero attached hydrogens (tertiary/aromatic N) is 3. The summed E-state index contributed by atoms with van der Waals surface area (Å²) in [6, 6.07) is 19.0. The molecule has 3 aromatic carbocycles. The normalized spacial score (nSPS) is 14.8. The summed E-state index contributed by atoms with van der Waals surface area (Å²) in [6.07, 6.45) is 1.98. The molecule has 1 atom stereocenters. The minimum atomic E-state index is -0.456. The lowest BCUT2D eigenvalue weighted by molar-refractivity contribution is 0.102. The van der Waals surface area contributed by atoms with Crippen LogP contribution in [0.2, 0.25) is 0 Å². The van der Waals surface area contributed by atoms with Crippen molar-refractivity contribution in [2.24, 2.45) is 0 Å². The van der Waals surface area contributed by atoms with E-state index in [0.29, 0.717) is 5.95 Å². The SMILES string of the molecule is Cc1ccc(C2=C[C@@H](c3ccc(F)cc3)n3nc(NC(=O)c4ccc(F)cc4)nc3N2)cc1. The second kappa shape index (κ2) is 8.31. The van der Waals surface area contributed by atoms with Crippen LogP contribution >= 0.6 is 0 Å². The summed E-state index contributed by atoms with van der Waals surface area (Å²) >= 11 is 0. The molecular formula is C25H19F2N5O. The van der Waals surface area contributed by atoms with E-state index in [1.165, 1.54) is 36.4 Å². The van der Waals surface area contributed by atoms with Crippen LogP contribution in [0.3, 0.4) is 0 Å². The second-order valence-electron chi connectivity index (χ2n) is 7.73. The molecule has 0 unspecified atom stereocenters. The summed E-state index contributed by atoms with van der Waals surface area (Å²) in [5.74, 6) is -0.693. The number of fused-ring (bicyclic) bond motifs is 1. The van der Waals surface area contributed by atoms with Crippen molar-refractivity contribution in [3.05, 3.63) is 113 Å². The predicted molar refractivity (Wildman–Crippen MR) is 122 cm³/mol. The van der Waals surface area contributed by atoms with Crippen LogP contribution in [0.25, 0.3) is 5.70 Å². The number of amides is 1. The van der Waals surface area contributed by atoms with E-state index in [1.807, 2.05) is 37.3 Å². The van der Waals surface area contributed by atoms with E-state index in [1.54, 1.807) is 16.8 Å². The number of rotatable bonds is 4. The zero-order chi connectivity index (χ0) is 22.9. The molecule has 0 saturated heterocycles. The maximum Gasteiger partial charge on any atom is 0.258 e. The Morgan fingerprint density at radius 2 is 1.58 bits per heavy atom. The van der Waals surface area contributed by atoms with Crippen LogP contribution in [0, 0.1) is 18.6 Å². The van der Waals surface area contributed by atoms with Gasteiger partial charge in [-0.15, -0.1) is 5.10 Å². The highest BCUT2D eigenvalue weighted by Crippen LogP contribution is 2.33. The van der Waals surface area contributed by atoms with E-state index in [9.17, 15) is 13.6 Å². The zero-order valence-electron chi connectivity index (χ0n) is 17.6. The highest BCUT2D eigenvalue weighted by atomic mass is 19.1. The molecule has 2 heterocycles. The van der Waals surface area contributed by atoms with Gasteiger partial charge in [-0.2, -0.15) is 4.98 Å². The molecule has 1 amide bonds. The number of allylic oxidation sites excluding steroid dienone is 1. The molecule has 2 N–H and O–H groups in total. The Bertz CT molecular complexity index is 1340. The third-order valence-electron chi connectivity index (χ3n) is 5.37. The smallest absolute Gasteiger partial charge is 0.258 e. The number of benzene rings is 3. The maximum atomic E-state index is 13.5. The standard InChI is InChI=1S/C25H19F2N5O/c1-15-2-4-16(5-3-15)21-14-22(17-6-10-19(26)11-7-17)32-25(28-21)30-24(31-32)29-23(33)18-8-12-20(27)13-9-18/h2-14,22H,1H3,(H2,28,29,30,31,33)/t22-/m0/s1. The number of hydrogen-bond acceptors (Lipinski definition) is 4. The van der Waals surface area contributed by atoms with Crippen molar-refractivity contribution in [1.82, 2.24) is 14.8 Å². The summed E-state index contributed by atoms with van der Waals surface area (Å²) < 4.78 is 28.3. The quantitative estimate of drug-likeness (QED) is 0.456. The zero-order valence-corrected chi connectivity index (χ0v) is 17.6. The molecule has 5 rings (SSSR count). The van der Waals surface area contributed by atoms with E-state index < -0.39 is 11.7 Å². The lowest BCUT2D eigenvalue weighted by Crippen LogP contribution is -2.20. The number of anilines is 2. The first-order valence-electron chi connectivity index (χ1n) is 10.3. The number of aryl methyl sites for hydroxylation is 1. The molecule has 164 valence electrons. The van der Waals surface area contributed by atoms with Crippen molar-refractivity contribution in [2.75, 3.05) is 10.6 Å². The lowest BCUT2D eigenvalue weighted by Gasteiger charge is -2.24. The van der Waals surface area contributed by atoms with Crippen molar-refractivity contribution < 1.29 is 13.6 Å². The number of aromatic nitrogens is 3. The Balaban J connectivity index is 1.50. The second-order valence-corrected chi connectivity index (χ2v) is 7.73. The molecular weight excluding hydrogens is 424 g/mol. The third-order valence-corrected chi connectivity index (χ3v) is 5.37. The molecule has 0 saturated carbocycles. The minimum absolute atomic E-state index is 0.0949. The summed E-state index contributed by atoms with van der Waals surface area (Å²) in [4.78, 5) is 17.0. The molecule has 1 aliphatic heterocycles. The molecule has 8 heteroatoms. The van der Waals surface area contributed by atoms with E-state index in [-0.39, 0.29) is 23.4 Å². The van der Waals surface area contributed by atoms with Crippen molar-refractivity contribution in [3.63, 3.8) is 0 Å². The molecule has 0 aliphatic carbocycles. The third kappa shape index (κ3) is 4.23. The van der Waals surface area contributed by atoms with Gasteiger partial charge in [-0.05, 0) is 60.5 Å². The Morgan fingerprint density at radius 1 is 0.939 bits per heavy atom. The van der Waals surface area contributed by atoms with E-state index in [4.69, 9.17) is 0 Å². The number of nitrogens with one attached hydrogen (secondary N) is 2. The maximum absolute atomic E-state index is 13.5. The highest BCUT2D eigenvalue weighted by Gasteiger charge is 2.26. The molecule has 0 spiro atoms. The molecule has 1 aromatic heterocycles. The fourth-order valence-electron chi connectivity index (χ4n) is 3.62. The van der Waals surface area contributed by atoms with Gasteiger partial charge in [0.25, 0.3) is 11.9 Å². The van der Waals surface area contributed by atoms with Crippen molar-refractivity contribution in [2.45, 2.75) is 13.0 Å². The first-order chi connectivity index (χ1) is 16.0. The largest absolute Gasteiger partial charge is 0.324 e. The first-order valence-corrected chi connectivity index (χ1v) is 10.3. The average molecular weight is 443 g/mol. The van der Waals surface area contributed by atoms with Crippen LogP contribution in [-0.2, 0) is 0 Å².